The van der Waals surface area contributed by atoms with Crippen LogP contribution in [0.1, 0.15) is 13.8 Å². The van der Waals surface area contributed by atoms with Crippen LogP contribution < -0.4 is 0 Å². The van der Waals surface area contributed by atoms with Crippen LogP contribution in [0.5, 0.6) is 0 Å². The third kappa shape index (κ3) is 3.72. The molecule has 0 aliphatic rings. The Bertz CT molecular complexity index is 213. The fourth-order valence-corrected chi connectivity index (χ4v) is 2.03. The normalized spacial score (nSPS) is 11.4. The largest absolute Gasteiger partial charge is 0.335 e. The van der Waals surface area contributed by atoms with Crippen molar-refractivity contribution >= 4 is 19.2 Å². The van der Waals surface area contributed by atoms with Gasteiger partial charge < -0.3 is 9.05 Å². The molecule has 5 heteroatoms. The molecule has 0 unspecified atom stereocenters. The SMILES string of the molecule is COP(=O)(CC(Cl)=C(C)C)OC. The van der Waals surface area contributed by atoms with E-state index < -0.39 is 7.60 Å². The van der Waals surface area contributed by atoms with Crippen LogP contribution in [-0.4, -0.2) is 20.4 Å². The molecule has 0 bridgehead atoms. The Morgan fingerprint density at radius 1 is 1.33 bits per heavy atom. The zero-order valence-electron chi connectivity index (χ0n) is 7.76. The van der Waals surface area contributed by atoms with E-state index in [0.717, 1.165) is 5.57 Å². The van der Waals surface area contributed by atoms with Crippen LogP contribution in [-0.2, 0) is 13.6 Å². The molecule has 0 fully saturated rings. The van der Waals surface area contributed by atoms with Gasteiger partial charge in [-0.25, -0.2) is 0 Å². The summed E-state index contributed by atoms with van der Waals surface area (Å²) in [5.41, 5.74) is 0.922. The van der Waals surface area contributed by atoms with E-state index in [1.54, 1.807) is 0 Å². The van der Waals surface area contributed by atoms with Gasteiger partial charge in [-0.2, -0.15) is 0 Å². The Balaban J connectivity index is 4.43. The van der Waals surface area contributed by atoms with Gasteiger partial charge in [-0.3, -0.25) is 4.57 Å². The van der Waals surface area contributed by atoms with Gasteiger partial charge in [0.15, 0.2) is 0 Å². The summed E-state index contributed by atoms with van der Waals surface area (Å²) in [4.78, 5) is 0. The molecule has 0 aromatic carbocycles. The summed E-state index contributed by atoms with van der Waals surface area (Å²) in [6.07, 6.45) is 0.143. The van der Waals surface area contributed by atoms with E-state index in [9.17, 15) is 4.57 Å². The molecule has 0 aliphatic heterocycles. The highest BCUT2D eigenvalue weighted by molar-refractivity contribution is 7.54. The molecule has 0 spiro atoms. The van der Waals surface area contributed by atoms with E-state index in [0.29, 0.717) is 5.03 Å². The quantitative estimate of drug-likeness (QED) is 0.672. The first-order valence-electron chi connectivity index (χ1n) is 3.47. The van der Waals surface area contributed by atoms with Crippen LogP contribution in [0.25, 0.3) is 0 Å². The van der Waals surface area contributed by atoms with E-state index in [1.165, 1.54) is 14.2 Å². The van der Waals surface area contributed by atoms with Crippen LogP contribution >= 0.6 is 19.2 Å². The topological polar surface area (TPSA) is 35.5 Å². The van der Waals surface area contributed by atoms with Gasteiger partial charge in [-0.05, 0) is 13.8 Å². The Morgan fingerprint density at radius 3 is 2.00 bits per heavy atom. The molecule has 0 saturated carbocycles. The van der Waals surface area contributed by atoms with Crippen molar-refractivity contribution in [1.82, 2.24) is 0 Å². The molecule has 0 amide bonds. The monoisotopic (exact) mass is 212 g/mol. The molecule has 0 N–H and O–H groups in total. The van der Waals surface area contributed by atoms with E-state index in [2.05, 4.69) is 0 Å². The molecule has 0 aromatic heterocycles. The maximum atomic E-state index is 11.5. The predicted molar refractivity (Wildman–Crippen MR) is 50.7 cm³/mol. The molecule has 0 radical (unpaired) electrons. The van der Waals surface area contributed by atoms with Crippen molar-refractivity contribution in [3.05, 3.63) is 10.6 Å². The molecule has 0 atom stereocenters. The van der Waals surface area contributed by atoms with Gasteiger partial charge in [-0.15, -0.1) is 0 Å². The van der Waals surface area contributed by atoms with Gasteiger partial charge in [0.2, 0.25) is 0 Å². The van der Waals surface area contributed by atoms with Crippen molar-refractivity contribution in [2.24, 2.45) is 0 Å². The van der Waals surface area contributed by atoms with Gasteiger partial charge in [0.1, 0.15) is 0 Å². The Hall–Kier alpha value is 0.180. The van der Waals surface area contributed by atoms with Gasteiger partial charge in [-0.1, -0.05) is 17.2 Å². The summed E-state index contributed by atoms with van der Waals surface area (Å²) in [7, 11) is -0.288. The zero-order valence-corrected chi connectivity index (χ0v) is 9.41. The minimum Gasteiger partial charge on any atom is -0.312 e. The zero-order chi connectivity index (χ0) is 9.78. The summed E-state index contributed by atoms with van der Waals surface area (Å²) in [5.74, 6) is 0. The van der Waals surface area contributed by atoms with Crippen molar-refractivity contribution in [3.63, 3.8) is 0 Å². The second-order valence-electron chi connectivity index (χ2n) is 2.54. The molecule has 72 valence electrons. The lowest BCUT2D eigenvalue weighted by atomic mass is 10.3. The molecular formula is C7H14ClO3P. The molecule has 0 saturated heterocycles. The molecule has 0 aromatic rings. The number of halogens is 1. The second kappa shape index (κ2) is 5.03. The molecule has 0 heterocycles. The van der Waals surface area contributed by atoms with Gasteiger partial charge >= 0.3 is 7.60 Å². The van der Waals surface area contributed by atoms with Crippen LogP contribution in [0.4, 0.5) is 0 Å². The van der Waals surface area contributed by atoms with Crippen LogP contribution in [0.15, 0.2) is 10.6 Å². The average molecular weight is 213 g/mol. The first kappa shape index (κ1) is 12.2. The van der Waals surface area contributed by atoms with Crippen LogP contribution in [0.3, 0.4) is 0 Å². The van der Waals surface area contributed by atoms with Crippen LogP contribution in [0, 0.1) is 0 Å². The molecule has 12 heavy (non-hydrogen) atoms. The average Bonchev–Trinajstić information content (AvgIpc) is 2.04. The maximum Gasteiger partial charge on any atom is 0.335 e. The molecule has 3 nitrogen and oxygen atoms in total. The summed E-state index contributed by atoms with van der Waals surface area (Å²) >= 11 is 5.81. The molecule has 0 rings (SSSR count). The second-order valence-corrected chi connectivity index (χ2v) is 5.26. The highest BCUT2D eigenvalue weighted by Gasteiger charge is 2.22. The lowest BCUT2D eigenvalue weighted by Crippen LogP contribution is -1.95. The van der Waals surface area contributed by atoms with Crippen molar-refractivity contribution in [1.29, 1.82) is 0 Å². The minimum atomic E-state index is -2.98. The smallest absolute Gasteiger partial charge is 0.312 e. The van der Waals surface area contributed by atoms with Crippen molar-refractivity contribution in [3.8, 4) is 0 Å². The summed E-state index contributed by atoms with van der Waals surface area (Å²) in [6, 6.07) is 0. The molecule has 0 aliphatic carbocycles. The highest BCUT2D eigenvalue weighted by atomic mass is 35.5. The van der Waals surface area contributed by atoms with Gasteiger partial charge in [0, 0.05) is 19.3 Å². The van der Waals surface area contributed by atoms with E-state index >= 15 is 0 Å². The van der Waals surface area contributed by atoms with Crippen molar-refractivity contribution in [2.45, 2.75) is 13.8 Å². The lowest BCUT2D eigenvalue weighted by molar-refractivity contribution is 0.278. The third-order valence-electron chi connectivity index (χ3n) is 1.43. The molecular weight excluding hydrogens is 199 g/mol. The van der Waals surface area contributed by atoms with E-state index in [-0.39, 0.29) is 6.16 Å². The predicted octanol–water partition coefficient (Wildman–Crippen LogP) is 3.01. The third-order valence-corrected chi connectivity index (χ3v) is 3.95. The van der Waals surface area contributed by atoms with Crippen LogP contribution in [0.2, 0.25) is 0 Å². The summed E-state index contributed by atoms with van der Waals surface area (Å²) in [5, 5.41) is 0.530. The number of hydrogen-bond acceptors (Lipinski definition) is 3. The lowest BCUT2D eigenvalue weighted by Gasteiger charge is -2.13. The standard InChI is InChI=1S/C7H14ClO3P/c1-6(2)7(8)5-12(9,10-3)11-4/h5H2,1-4H3. The van der Waals surface area contributed by atoms with Gasteiger partial charge in [0.25, 0.3) is 0 Å². The van der Waals surface area contributed by atoms with Gasteiger partial charge in [0.05, 0.1) is 6.16 Å². The highest BCUT2D eigenvalue weighted by Crippen LogP contribution is 2.48. The fourth-order valence-electron chi connectivity index (χ4n) is 0.532. The number of hydrogen-bond donors (Lipinski definition) is 0. The number of allylic oxidation sites excluding steroid dienone is 2. The Kier molecular flexibility index (Phi) is 5.10. The first-order chi connectivity index (χ1) is 5.45. The fraction of sp³-hybridized carbons (Fsp3) is 0.714. The Labute approximate surface area is 78.2 Å². The van der Waals surface area contributed by atoms with E-state index in [4.69, 9.17) is 20.6 Å². The summed E-state index contributed by atoms with van der Waals surface area (Å²) in [6.45, 7) is 3.69. The minimum absolute atomic E-state index is 0.143. The van der Waals surface area contributed by atoms with Crippen molar-refractivity contribution in [2.75, 3.05) is 20.4 Å². The van der Waals surface area contributed by atoms with E-state index in [1.807, 2.05) is 13.8 Å². The number of rotatable bonds is 4. The Morgan fingerprint density at radius 2 is 1.75 bits per heavy atom. The first-order valence-corrected chi connectivity index (χ1v) is 5.58. The van der Waals surface area contributed by atoms with Crippen molar-refractivity contribution < 1.29 is 13.6 Å². The summed E-state index contributed by atoms with van der Waals surface area (Å²) < 4.78 is 20.9. The maximum absolute atomic E-state index is 11.5.